The van der Waals surface area contributed by atoms with Crippen molar-refractivity contribution in [2.24, 2.45) is 0 Å². The van der Waals surface area contributed by atoms with Crippen LogP contribution >= 0.6 is 0 Å². The third kappa shape index (κ3) is 6.45. The molecule has 0 spiro atoms. The molecule has 0 radical (unpaired) electrons. The Bertz CT molecular complexity index is 469. The van der Waals surface area contributed by atoms with E-state index in [9.17, 15) is 5.11 Å². The second kappa shape index (κ2) is 10.0. The van der Waals surface area contributed by atoms with Gasteiger partial charge in [0.2, 0.25) is 0 Å². The predicted octanol–water partition coefficient (Wildman–Crippen LogP) is 4.47. The summed E-state index contributed by atoms with van der Waals surface area (Å²) in [6.45, 7) is 5.92. The smallest absolute Gasteiger partial charge is 0.122 e. The van der Waals surface area contributed by atoms with Crippen molar-refractivity contribution in [1.82, 2.24) is 5.32 Å². The van der Waals surface area contributed by atoms with Gasteiger partial charge in [-0.3, -0.25) is 0 Å². The average molecular weight is 334 g/mol. The van der Waals surface area contributed by atoms with E-state index < -0.39 is 5.60 Å². The van der Waals surface area contributed by atoms with Crippen LogP contribution in [0.15, 0.2) is 24.3 Å². The molecule has 0 bridgehead atoms. The van der Waals surface area contributed by atoms with Gasteiger partial charge in [-0.15, -0.1) is 0 Å². The molecule has 0 aromatic heterocycles. The number of rotatable bonds is 10. The van der Waals surface area contributed by atoms with Gasteiger partial charge in [0.25, 0.3) is 0 Å². The molecule has 3 nitrogen and oxygen atoms in total. The van der Waals surface area contributed by atoms with E-state index in [4.69, 9.17) is 4.74 Å². The maximum absolute atomic E-state index is 10.6. The van der Waals surface area contributed by atoms with Crippen LogP contribution in [0, 0.1) is 0 Å². The van der Waals surface area contributed by atoms with E-state index in [0.717, 1.165) is 70.3 Å². The van der Waals surface area contributed by atoms with E-state index >= 15 is 0 Å². The highest BCUT2D eigenvalue weighted by molar-refractivity contribution is 5.33. The van der Waals surface area contributed by atoms with E-state index in [2.05, 4.69) is 37.4 Å². The highest BCUT2D eigenvalue weighted by Crippen LogP contribution is 2.27. The molecule has 1 aromatic carbocycles. The van der Waals surface area contributed by atoms with Gasteiger partial charge >= 0.3 is 0 Å². The number of aryl methyl sites for hydroxylation is 1. The third-order valence-electron chi connectivity index (χ3n) is 5.14. The number of benzene rings is 1. The molecule has 24 heavy (non-hydrogen) atoms. The summed E-state index contributed by atoms with van der Waals surface area (Å²) >= 11 is 0. The number of unbranched alkanes of at least 4 members (excludes halogenated alkanes) is 1. The number of aliphatic hydroxyl groups is 1. The second-order valence-corrected chi connectivity index (χ2v) is 7.42. The Morgan fingerprint density at radius 2 is 1.96 bits per heavy atom. The molecule has 1 saturated carbocycles. The Labute approximate surface area is 147 Å². The first-order valence-electron chi connectivity index (χ1n) is 9.79. The van der Waals surface area contributed by atoms with Crippen LogP contribution in [0.25, 0.3) is 0 Å². The highest BCUT2D eigenvalue weighted by atomic mass is 16.5. The lowest BCUT2D eigenvalue weighted by Gasteiger charge is -2.33. The van der Waals surface area contributed by atoms with Crippen LogP contribution in [0.1, 0.15) is 70.8 Å². The number of hydrogen-bond donors (Lipinski definition) is 2. The normalized spacial score (nSPS) is 18.3. The minimum absolute atomic E-state index is 0.402. The number of para-hydroxylation sites is 1. The van der Waals surface area contributed by atoms with Crippen LogP contribution in [0.2, 0.25) is 0 Å². The van der Waals surface area contributed by atoms with Crippen molar-refractivity contribution in [3.63, 3.8) is 0 Å². The van der Waals surface area contributed by atoms with Crippen molar-refractivity contribution in [2.45, 2.75) is 83.3 Å². The van der Waals surface area contributed by atoms with E-state index in [1.807, 2.05) is 6.07 Å². The van der Waals surface area contributed by atoms with Crippen LogP contribution in [0.5, 0.6) is 5.75 Å². The lowest BCUT2D eigenvalue weighted by molar-refractivity contribution is 0.00287. The molecule has 1 atom stereocenters. The molecule has 1 unspecified atom stereocenters. The van der Waals surface area contributed by atoms with E-state index in [-0.39, 0.29) is 0 Å². The van der Waals surface area contributed by atoms with Crippen molar-refractivity contribution < 1.29 is 9.84 Å². The summed E-state index contributed by atoms with van der Waals surface area (Å²) in [7, 11) is 0. The fourth-order valence-electron chi connectivity index (χ4n) is 3.40. The maximum atomic E-state index is 10.6. The number of hydrogen-bond acceptors (Lipinski definition) is 3. The monoisotopic (exact) mass is 333 g/mol. The van der Waals surface area contributed by atoms with Gasteiger partial charge in [-0.2, -0.15) is 0 Å². The zero-order valence-electron chi connectivity index (χ0n) is 15.5. The molecule has 1 fully saturated rings. The van der Waals surface area contributed by atoms with E-state index in [0.29, 0.717) is 6.04 Å². The van der Waals surface area contributed by atoms with Crippen molar-refractivity contribution in [1.29, 1.82) is 0 Å². The Morgan fingerprint density at radius 1 is 1.21 bits per heavy atom. The van der Waals surface area contributed by atoms with Crippen LogP contribution in [-0.2, 0) is 6.42 Å². The first kappa shape index (κ1) is 19.3. The molecular formula is C21H35NO2. The van der Waals surface area contributed by atoms with Crippen LogP contribution < -0.4 is 10.1 Å². The van der Waals surface area contributed by atoms with Gasteiger partial charge in [-0.25, -0.2) is 0 Å². The van der Waals surface area contributed by atoms with Crippen molar-refractivity contribution in [3.8, 4) is 5.75 Å². The lowest BCUT2D eigenvalue weighted by atomic mass is 9.84. The van der Waals surface area contributed by atoms with Crippen LogP contribution in [-0.4, -0.2) is 29.9 Å². The summed E-state index contributed by atoms with van der Waals surface area (Å²) in [5, 5.41) is 14.1. The Balaban J connectivity index is 1.75. The summed E-state index contributed by atoms with van der Waals surface area (Å²) in [6.07, 6.45) is 9.81. The number of ether oxygens (including phenoxy) is 1. The minimum atomic E-state index is -0.478. The Morgan fingerprint density at radius 3 is 2.71 bits per heavy atom. The molecule has 1 aromatic rings. The van der Waals surface area contributed by atoms with Crippen molar-refractivity contribution >= 4 is 0 Å². The predicted molar refractivity (Wildman–Crippen MR) is 101 cm³/mol. The van der Waals surface area contributed by atoms with Gasteiger partial charge in [0, 0.05) is 12.6 Å². The molecule has 0 heterocycles. The van der Waals surface area contributed by atoms with Gasteiger partial charge in [0.15, 0.2) is 0 Å². The molecule has 2 rings (SSSR count). The van der Waals surface area contributed by atoms with E-state index in [1.165, 1.54) is 12.0 Å². The molecule has 1 aliphatic carbocycles. The zero-order chi connectivity index (χ0) is 17.3. The largest absolute Gasteiger partial charge is 0.493 e. The standard InChI is InChI=1S/C21H35NO2/c1-3-4-16-24-20-11-7-6-10-19(20)13-12-18(2)22-17-21(23)14-8-5-9-15-21/h6-7,10-11,18,22-23H,3-5,8-9,12-17H2,1-2H3. The second-order valence-electron chi connectivity index (χ2n) is 7.42. The minimum Gasteiger partial charge on any atom is -0.493 e. The topological polar surface area (TPSA) is 41.5 Å². The third-order valence-corrected chi connectivity index (χ3v) is 5.14. The molecule has 0 amide bonds. The van der Waals surface area contributed by atoms with Gasteiger partial charge in [0.1, 0.15) is 5.75 Å². The lowest BCUT2D eigenvalue weighted by Crippen LogP contribution is -2.45. The Hall–Kier alpha value is -1.06. The molecule has 2 N–H and O–H groups in total. The molecule has 3 heteroatoms. The van der Waals surface area contributed by atoms with Gasteiger partial charge < -0.3 is 15.2 Å². The summed E-state index contributed by atoms with van der Waals surface area (Å²) in [5.74, 6) is 1.03. The van der Waals surface area contributed by atoms with Crippen molar-refractivity contribution in [3.05, 3.63) is 29.8 Å². The van der Waals surface area contributed by atoms with Crippen LogP contribution in [0.4, 0.5) is 0 Å². The summed E-state index contributed by atoms with van der Waals surface area (Å²) < 4.78 is 5.92. The van der Waals surface area contributed by atoms with Gasteiger partial charge in [-0.05, 0) is 50.7 Å². The van der Waals surface area contributed by atoms with Crippen molar-refractivity contribution in [2.75, 3.05) is 13.2 Å². The maximum Gasteiger partial charge on any atom is 0.122 e. The fourth-order valence-corrected chi connectivity index (χ4v) is 3.40. The molecule has 136 valence electrons. The average Bonchev–Trinajstić information content (AvgIpc) is 2.60. The first-order chi connectivity index (χ1) is 11.6. The first-order valence-corrected chi connectivity index (χ1v) is 9.79. The molecule has 1 aliphatic rings. The summed E-state index contributed by atoms with van der Waals surface area (Å²) in [4.78, 5) is 0. The van der Waals surface area contributed by atoms with E-state index in [1.54, 1.807) is 0 Å². The van der Waals surface area contributed by atoms with Crippen LogP contribution in [0.3, 0.4) is 0 Å². The van der Waals surface area contributed by atoms with Gasteiger partial charge in [-0.1, -0.05) is 50.8 Å². The van der Waals surface area contributed by atoms with Gasteiger partial charge in [0.05, 0.1) is 12.2 Å². The fraction of sp³-hybridized carbons (Fsp3) is 0.714. The highest BCUT2D eigenvalue weighted by Gasteiger charge is 2.28. The zero-order valence-corrected chi connectivity index (χ0v) is 15.5. The summed E-state index contributed by atoms with van der Waals surface area (Å²) in [5.41, 5.74) is 0.812. The quantitative estimate of drug-likeness (QED) is 0.621. The number of nitrogens with one attached hydrogen (secondary N) is 1. The molecular weight excluding hydrogens is 298 g/mol. The SMILES string of the molecule is CCCCOc1ccccc1CCC(C)NCC1(O)CCCCC1. The summed E-state index contributed by atoms with van der Waals surface area (Å²) in [6, 6.07) is 8.78. The Kier molecular flexibility index (Phi) is 8.07. The molecule has 0 saturated heterocycles. The molecule has 0 aliphatic heterocycles.